The lowest BCUT2D eigenvalue weighted by Gasteiger charge is -2.05. The lowest BCUT2D eigenvalue weighted by molar-refractivity contribution is 0.553. The zero-order valence-corrected chi connectivity index (χ0v) is 10.5. The van der Waals surface area contributed by atoms with Crippen molar-refractivity contribution < 1.29 is 0 Å². The second kappa shape index (κ2) is 4.03. The third kappa shape index (κ3) is 1.53. The van der Waals surface area contributed by atoms with Crippen LogP contribution in [0.3, 0.4) is 0 Å². The van der Waals surface area contributed by atoms with Gasteiger partial charge in [-0.3, -0.25) is 4.79 Å². The van der Waals surface area contributed by atoms with E-state index in [0.717, 1.165) is 10.9 Å². The van der Waals surface area contributed by atoms with E-state index in [0.29, 0.717) is 10.9 Å². The molecule has 0 saturated heterocycles. The van der Waals surface area contributed by atoms with Gasteiger partial charge in [0, 0.05) is 5.39 Å². The summed E-state index contributed by atoms with van der Waals surface area (Å²) in [5.74, 6) is 0. The third-order valence-electron chi connectivity index (χ3n) is 3.27. The molecule has 0 spiro atoms. The maximum atomic E-state index is 12.5. The molecular weight excluding hydrogens is 252 g/mol. The second-order valence-electron chi connectivity index (χ2n) is 4.52. The van der Waals surface area contributed by atoms with Crippen LogP contribution in [-0.4, -0.2) is 19.5 Å². The minimum Gasteiger partial charge on any atom is -0.267 e. The number of hydrogen-bond donors (Lipinski definition) is 0. The van der Waals surface area contributed by atoms with Crippen LogP contribution in [0, 0.1) is 0 Å². The van der Waals surface area contributed by atoms with Gasteiger partial charge in [0.05, 0.1) is 22.6 Å². The summed E-state index contributed by atoms with van der Waals surface area (Å²) in [6.45, 7) is 0. The fraction of sp³-hybridized carbons (Fsp3) is 0. The topological polar surface area (TPSA) is 52.7 Å². The van der Waals surface area contributed by atoms with Gasteiger partial charge in [-0.25, -0.2) is 4.98 Å². The van der Waals surface area contributed by atoms with Crippen molar-refractivity contribution in [2.75, 3.05) is 0 Å². The molecule has 20 heavy (non-hydrogen) atoms. The first kappa shape index (κ1) is 10.9. The highest BCUT2D eigenvalue weighted by Crippen LogP contribution is 2.11. The van der Waals surface area contributed by atoms with Gasteiger partial charge in [-0.1, -0.05) is 30.3 Å². The standard InChI is InChI=1S/C15H10N4O/c20-15-12-6-2-4-8-14(12)16-10-18(15)19-9-11-5-1-3-7-13(11)17-19/h1-10H. The summed E-state index contributed by atoms with van der Waals surface area (Å²) < 4.78 is 1.41. The number of benzene rings is 2. The largest absolute Gasteiger partial charge is 0.281 e. The van der Waals surface area contributed by atoms with Crippen LogP contribution >= 0.6 is 0 Å². The predicted octanol–water partition coefficient (Wildman–Crippen LogP) is 2.06. The van der Waals surface area contributed by atoms with Crippen molar-refractivity contribution in [2.24, 2.45) is 0 Å². The fourth-order valence-electron chi connectivity index (χ4n) is 2.27. The van der Waals surface area contributed by atoms with E-state index in [1.807, 2.05) is 48.7 Å². The summed E-state index contributed by atoms with van der Waals surface area (Å²) in [6.07, 6.45) is 3.31. The van der Waals surface area contributed by atoms with E-state index in [-0.39, 0.29) is 5.56 Å². The molecule has 4 aromatic rings. The Morgan fingerprint density at radius 3 is 2.50 bits per heavy atom. The van der Waals surface area contributed by atoms with Gasteiger partial charge in [-0.2, -0.15) is 14.6 Å². The lowest BCUT2D eigenvalue weighted by Crippen LogP contribution is -2.26. The SMILES string of the molecule is O=c1c2ccccc2ncn1-n1cc2ccccc2n1. The molecule has 0 amide bonds. The average molecular weight is 262 g/mol. The van der Waals surface area contributed by atoms with Gasteiger partial charge < -0.3 is 0 Å². The number of para-hydroxylation sites is 1. The molecule has 0 atom stereocenters. The highest BCUT2D eigenvalue weighted by Gasteiger charge is 2.06. The Hall–Kier alpha value is -2.95. The number of rotatable bonds is 1. The number of fused-ring (bicyclic) bond motifs is 2. The zero-order valence-electron chi connectivity index (χ0n) is 10.5. The first-order valence-electron chi connectivity index (χ1n) is 6.24. The van der Waals surface area contributed by atoms with Crippen LogP contribution in [0.4, 0.5) is 0 Å². The first-order chi connectivity index (χ1) is 9.83. The van der Waals surface area contributed by atoms with E-state index in [9.17, 15) is 4.79 Å². The van der Waals surface area contributed by atoms with E-state index in [1.54, 1.807) is 6.07 Å². The number of aromatic nitrogens is 4. The first-order valence-corrected chi connectivity index (χ1v) is 6.24. The molecule has 0 N–H and O–H groups in total. The van der Waals surface area contributed by atoms with E-state index in [4.69, 9.17) is 0 Å². The molecule has 0 bridgehead atoms. The second-order valence-corrected chi connectivity index (χ2v) is 4.52. The summed E-state index contributed by atoms with van der Waals surface area (Å²) in [5, 5.41) is 5.95. The molecule has 0 saturated carbocycles. The number of hydrogen-bond acceptors (Lipinski definition) is 3. The molecule has 0 radical (unpaired) electrons. The van der Waals surface area contributed by atoms with E-state index in [1.165, 1.54) is 15.8 Å². The predicted molar refractivity (Wildman–Crippen MR) is 76.5 cm³/mol. The molecule has 0 fully saturated rings. The molecule has 4 rings (SSSR count). The molecular formula is C15H10N4O. The fourth-order valence-corrected chi connectivity index (χ4v) is 2.27. The van der Waals surface area contributed by atoms with Crippen LogP contribution in [0.15, 0.2) is 65.8 Å². The van der Waals surface area contributed by atoms with Crippen LogP contribution in [0.2, 0.25) is 0 Å². The minimum atomic E-state index is -0.136. The molecule has 5 heteroatoms. The Bertz CT molecular complexity index is 951. The van der Waals surface area contributed by atoms with Gasteiger partial charge >= 0.3 is 0 Å². The molecule has 2 heterocycles. The van der Waals surface area contributed by atoms with Crippen molar-refractivity contribution in [3.8, 4) is 0 Å². The molecule has 96 valence electrons. The quantitative estimate of drug-likeness (QED) is 0.527. The van der Waals surface area contributed by atoms with Crippen molar-refractivity contribution in [3.63, 3.8) is 0 Å². The summed E-state index contributed by atoms with van der Waals surface area (Å²) in [5.41, 5.74) is 1.39. The van der Waals surface area contributed by atoms with Gasteiger partial charge in [0.2, 0.25) is 0 Å². The smallest absolute Gasteiger partial charge is 0.267 e. The van der Waals surface area contributed by atoms with Crippen molar-refractivity contribution >= 4 is 21.8 Å². The van der Waals surface area contributed by atoms with Crippen LogP contribution in [0.5, 0.6) is 0 Å². The van der Waals surface area contributed by atoms with Crippen molar-refractivity contribution in [1.29, 1.82) is 0 Å². The highest BCUT2D eigenvalue weighted by atomic mass is 16.1. The Balaban J connectivity index is 2.02. The lowest BCUT2D eigenvalue weighted by atomic mass is 10.2. The van der Waals surface area contributed by atoms with E-state index >= 15 is 0 Å². The molecule has 5 nitrogen and oxygen atoms in total. The summed E-state index contributed by atoms with van der Waals surface area (Å²) >= 11 is 0. The van der Waals surface area contributed by atoms with Crippen LogP contribution in [0.25, 0.3) is 21.8 Å². The monoisotopic (exact) mass is 262 g/mol. The maximum Gasteiger partial charge on any atom is 0.281 e. The van der Waals surface area contributed by atoms with Gasteiger partial charge in [0.25, 0.3) is 5.56 Å². The van der Waals surface area contributed by atoms with Gasteiger partial charge in [-0.15, -0.1) is 0 Å². The Morgan fingerprint density at radius 1 is 0.900 bits per heavy atom. The maximum absolute atomic E-state index is 12.5. The molecule has 2 aromatic carbocycles. The van der Waals surface area contributed by atoms with Crippen molar-refractivity contribution in [1.82, 2.24) is 19.5 Å². The Kier molecular flexibility index (Phi) is 2.20. The zero-order chi connectivity index (χ0) is 13.5. The summed E-state index contributed by atoms with van der Waals surface area (Å²) in [4.78, 5) is 18.3. The highest BCUT2D eigenvalue weighted by molar-refractivity contribution is 5.78. The van der Waals surface area contributed by atoms with Gasteiger partial charge in [-0.05, 0) is 18.2 Å². The average Bonchev–Trinajstić information content (AvgIpc) is 2.91. The summed E-state index contributed by atoms with van der Waals surface area (Å²) in [6, 6.07) is 15.0. The molecule has 0 aliphatic carbocycles. The van der Waals surface area contributed by atoms with Crippen LogP contribution < -0.4 is 5.56 Å². The Morgan fingerprint density at radius 2 is 1.65 bits per heavy atom. The van der Waals surface area contributed by atoms with Gasteiger partial charge in [0.1, 0.15) is 6.33 Å². The van der Waals surface area contributed by atoms with Crippen LogP contribution in [-0.2, 0) is 0 Å². The van der Waals surface area contributed by atoms with Gasteiger partial charge in [0.15, 0.2) is 0 Å². The van der Waals surface area contributed by atoms with Crippen LogP contribution in [0.1, 0.15) is 0 Å². The molecule has 2 aromatic heterocycles. The molecule has 0 aliphatic rings. The molecule has 0 aliphatic heterocycles. The normalized spacial score (nSPS) is 11.2. The van der Waals surface area contributed by atoms with E-state index < -0.39 is 0 Å². The molecule has 0 unspecified atom stereocenters. The Labute approximate surface area is 113 Å². The van der Waals surface area contributed by atoms with Crippen molar-refractivity contribution in [2.45, 2.75) is 0 Å². The summed E-state index contributed by atoms with van der Waals surface area (Å²) in [7, 11) is 0. The third-order valence-corrected chi connectivity index (χ3v) is 3.27. The van der Waals surface area contributed by atoms with Crippen molar-refractivity contribution in [3.05, 3.63) is 71.4 Å². The number of nitrogens with zero attached hydrogens (tertiary/aromatic N) is 4. The minimum absolute atomic E-state index is 0.136. The van der Waals surface area contributed by atoms with E-state index in [2.05, 4.69) is 10.1 Å².